The van der Waals surface area contributed by atoms with E-state index in [4.69, 9.17) is 5.11 Å². The molecule has 0 amide bonds. The molecule has 0 aromatic rings. The highest BCUT2D eigenvalue weighted by atomic mass is 16.4. The third-order valence-corrected chi connectivity index (χ3v) is 6.60. The van der Waals surface area contributed by atoms with E-state index in [1.165, 1.54) is 96.3 Å². The number of hydrogen-bond acceptors (Lipinski definition) is 2. The summed E-state index contributed by atoms with van der Waals surface area (Å²) in [4.78, 5) is 10.4. The second-order valence-electron chi connectivity index (χ2n) is 10.1. The van der Waals surface area contributed by atoms with Crippen LogP contribution in [0.4, 0.5) is 0 Å². The average Bonchev–Trinajstić information content (AvgIpc) is 2.76. The van der Waals surface area contributed by atoms with Crippen LogP contribution >= 0.6 is 0 Å². The van der Waals surface area contributed by atoms with Crippen molar-refractivity contribution in [3.05, 3.63) is 12.2 Å². The predicted octanol–water partition coefficient (Wildman–Crippen LogP) is 9.23. The van der Waals surface area contributed by atoms with Gasteiger partial charge in [-0.3, -0.25) is 4.79 Å². The molecule has 0 rings (SSSR count). The summed E-state index contributed by atoms with van der Waals surface area (Å²) in [7, 11) is 0. The van der Waals surface area contributed by atoms with Gasteiger partial charge in [-0.2, -0.15) is 0 Å². The van der Waals surface area contributed by atoms with Gasteiger partial charge in [0.2, 0.25) is 0 Å². The molecule has 0 aromatic heterocycles. The highest BCUT2D eigenvalue weighted by Crippen LogP contribution is 2.16. The second-order valence-corrected chi connectivity index (χ2v) is 10.1. The lowest BCUT2D eigenvalue weighted by Crippen LogP contribution is -2.05. The van der Waals surface area contributed by atoms with Gasteiger partial charge >= 0.3 is 5.97 Å². The zero-order valence-electron chi connectivity index (χ0n) is 21.7. The summed E-state index contributed by atoms with van der Waals surface area (Å²) in [5, 5.41) is 18.8. The first kappa shape index (κ1) is 31.2. The van der Waals surface area contributed by atoms with Crippen molar-refractivity contribution in [3.8, 4) is 0 Å². The molecule has 0 fully saturated rings. The molecule has 0 unspecified atom stereocenters. The summed E-state index contributed by atoms with van der Waals surface area (Å²) in [6.07, 6.45) is 30.4. The van der Waals surface area contributed by atoms with Crippen LogP contribution in [0, 0.1) is 5.92 Å². The molecule has 0 aliphatic carbocycles. The van der Waals surface area contributed by atoms with Gasteiger partial charge < -0.3 is 10.2 Å². The van der Waals surface area contributed by atoms with Crippen molar-refractivity contribution in [2.24, 2.45) is 5.92 Å². The van der Waals surface area contributed by atoms with Crippen LogP contribution in [-0.2, 0) is 4.79 Å². The van der Waals surface area contributed by atoms with Crippen LogP contribution in [0.2, 0.25) is 0 Å². The number of hydrogen-bond donors (Lipinski definition) is 2. The van der Waals surface area contributed by atoms with E-state index in [2.05, 4.69) is 26.0 Å². The fourth-order valence-corrected chi connectivity index (χ4v) is 4.34. The van der Waals surface area contributed by atoms with E-state index >= 15 is 0 Å². The van der Waals surface area contributed by atoms with E-state index in [0.29, 0.717) is 6.42 Å². The Balaban J connectivity index is 3.35. The normalized spacial score (nSPS) is 13.6. The second kappa shape index (κ2) is 24.8. The summed E-state index contributed by atoms with van der Waals surface area (Å²) in [6.45, 7) is 4.64. The van der Waals surface area contributed by atoms with E-state index in [0.717, 1.165) is 44.4 Å². The number of allylic oxidation sites excluding steroid dienone is 2. The number of carboxylic acid groups (broad SMARTS) is 1. The molecule has 0 heterocycles. The maximum Gasteiger partial charge on any atom is 0.303 e. The summed E-state index contributed by atoms with van der Waals surface area (Å²) < 4.78 is 0. The van der Waals surface area contributed by atoms with Gasteiger partial charge in [0, 0.05) is 6.42 Å². The van der Waals surface area contributed by atoms with Gasteiger partial charge in [-0.1, -0.05) is 129 Å². The van der Waals surface area contributed by atoms with Crippen molar-refractivity contribution < 1.29 is 15.0 Å². The zero-order chi connectivity index (χ0) is 23.7. The van der Waals surface area contributed by atoms with Crippen molar-refractivity contribution >= 4 is 5.97 Å². The van der Waals surface area contributed by atoms with Gasteiger partial charge in [-0.15, -0.1) is 0 Å². The first-order valence-corrected chi connectivity index (χ1v) is 14.1. The molecule has 0 aliphatic rings. The number of carboxylic acids is 1. The first-order valence-electron chi connectivity index (χ1n) is 14.1. The van der Waals surface area contributed by atoms with Crippen LogP contribution in [0.15, 0.2) is 12.2 Å². The van der Waals surface area contributed by atoms with E-state index in [1.54, 1.807) is 0 Å². The molecule has 3 heteroatoms. The lowest BCUT2D eigenvalue weighted by atomic mass is 9.98. The van der Waals surface area contributed by atoms with Crippen LogP contribution in [0.25, 0.3) is 0 Å². The third-order valence-electron chi connectivity index (χ3n) is 6.60. The molecule has 0 bridgehead atoms. The molecule has 0 radical (unpaired) electrons. The smallest absolute Gasteiger partial charge is 0.303 e. The predicted molar refractivity (Wildman–Crippen MR) is 139 cm³/mol. The molecule has 0 saturated heterocycles. The van der Waals surface area contributed by atoms with Crippen molar-refractivity contribution in [2.75, 3.05) is 0 Å². The molecule has 2 atom stereocenters. The Bertz CT molecular complexity index is 419. The molecule has 0 saturated carbocycles. The van der Waals surface area contributed by atoms with Crippen molar-refractivity contribution in [2.45, 2.75) is 161 Å². The van der Waals surface area contributed by atoms with Crippen molar-refractivity contribution in [3.63, 3.8) is 0 Å². The minimum atomic E-state index is -0.671. The monoisotopic (exact) mass is 452 g/mol. The molecule has 0 spiro atoms. The Morgan fingerprint density at radius 3 is 1.75 bits per heavy atom. The Morgan fingerprint density at radius 1 is 0.688 bits per heavy atom. The lowest BCUT2D eigenvalue weighted by Gasteiger charge is -2.10. The van der Waals surface area contributed by atoms with Crippen LogP contribution in [-0.4, -0.2) is 22.3 Å². The van der Waals surface area contributed by atoms with E-state index in [1.807, 2.05) is 0 Å². The maximum absolute atomic E-state index is 10.4. The Hall–Kier alpha value is -0.830. The van der Waals surface area contributed by atoms with E-state index in [-0.39, 0.29) is 6.10 Å². The van der Waals surface area contributed by atoms with E-state index in [9.17, 15) is 9.90 Å². The molecule has 0 aliphatic heterocycles. The summed E-state index contributed by atoms with van der Waals surface area (Å²) in [6, 6.07) is 0. The van der Waals surface area contributed by atoms with Gasteiger partial charge in [0.15, 0.2) is 0 Å². The maximum atomic E-state index is 10.4. The largest absolute Gasteiger partial charge is 0.481 e. The Kier molecular flexibility index (Phi) is 24.2. The third kappa shape index (κ3) is 25.4. The van der Waals surface area contributed by atoms with Gasteiger partial charge in [-0.25, -0.2) is 0 Å². The van der Waals surface area contributed by atoms with Crippen LogP contribution in [0.3, 0.4) is 0 Å². The summed E-state index contributed by atoms with van der Waals surface area (Å²) in [5.74, 6) is 0.120. The Morgan fingerprint density at radius 2 is 1.19 bits per heavy atom. The zero-order valence-corrected chi connectivity index (χ0v) is 21.7. The van der Waals surface area contributed by atoms with Crippen LogP contribution in [0.1, 0.15) is 155 Å². The van der Waals surface area contributed by atoms with Gasteiger partial charge in [0.05, 0.1) is 6.10 Å². The number of aliphatic hydroxyl groups excluding tert-OH is 1. The van der Waals surface area contributed by atoms with Crippen molar-refractivity contribution in [1.29, 1.82) is 0 Å². The van der Waals surface area contributed by atoms with Crippen molar-refractivity contribution in [1.82, 2.24) is 0 Å². The highest BCUT2D eigenvalue weighted by Gasteiger charge is 2.03. The fraction of sp³-hybridized carbons (Fsp3) is 0.897. The van der Waals surface area contributed by atoms with Crippen LogP contribution in [0.5, 0.6) is 0 Å². The SMILES string of the molecule is CCCCCCCC[C@H](C)C/C=C/CC[C@@H](O)CCCCCCCCCCCCC(=O)O. The van der Waals surface area contributed by atoms with E-state index < -0.39 is 5.97 Å². The van der Waals surface area contributed by atoms with Gasteiger partial charge in [-0.05, 0) is 38.0 Å². The summed E-state index contributed by atoms with van der Waals surface area (Å²) in [5.41, 5.74) is 0. The Labute approximate surface area is 200 Å². The average molecular weight is 453 g/mol. The van der Waals surface area contributed by atoms with Gasteiger partial charge in [0.1, 0.15) is 0 Å². The molecule has 190 valence electrons. The topological polar surface area (TPSA) is 57.5 Å². The number of carbonyl (C=O) groups is 1. The van der Waals surface area contributed by atoms with Crippen LogP contribution < -0.4 is 0 Å². The fourth-order valence-electron chi connectivity index (χ4n) is 4.34. The standard InChI is InChI=1S/C29H56O3/c1-3-4-5-6-13-17-22-27(2)23-18-16-20-25-28(30)24-19-14-11-9-7-8-10-12-15-21-26-29(31)32/h16,18,27-28,30H,3-15,17,19-26H2,1-2H3,(H,31,32)/b18-16+/t27-,28-/m0/s1. The first-order chi connectivity index (χ1) is 15.6. The highest BCUT2D eigenvalue weighted by molar-refractivity contribution is 5.66. The van der Waals surface area contributed by atoms with Gasteiger partial charge in [0.25, 0.3) is 0 Å². The minimum Gasteiger partial charge on any atom is -0.481 e. The number of rotatable bonds is 25. The molecular formula is C29H56O3. The lowest BCUT2D eigenvalue weighted by molar-refractivity contribution is -0.137. The quantitative estimate of drug-likeness (QED) is 0.107. The number of aliphatic hydroxyl groups is 1. The molecular weight excluding hydrogens is 396 g/mol. The molecule has 32 heavy (non-hydrogen) atoms. The molecule has 0 aromatic carbocycles. The minimum absolute atomic E-state index is 0.133. The summed E-state index contributed by atoms with van der Waals surface area (Å²) >= 11 is 0. The number of unbranched alkanes of at least 4 members (excludes halogenated alkanes) is 14. The molecule has 3 nitrogen and oxygen atoms in total. The number of aliphatic carboxylic acids is 1. The molecule has 2 N–H and O–H groups in total.